The van der Waals surface area contributed by atoms with Crippen LogP contribution in [0.4, 0.5) is 0 Å². The molecule has 0 atom stereocenters. The van der Waals surface area contributed by atoms with Crippen LogP contribution in [0.25, 0.3) is 21.5 Å². The molecule has 0 heterocycles. The van der Waals surface area contributed by atoms with Crippen molar-refractivity contribution in [2.45, 2.75) is 12.8 Å². The van der Waals surface area contributed by atoms with Gasteiger partial charge in [0, 0.05) is 17.9 Å². The monoisotopic (exact) mass is 594 g/mol. The van der Waals surface area contributed by atoms with Crippen LogP contribution in [0.15, 0.2) is 78.6 Å². The van der Waals surface area contributed by atoms with E-state index in [2.05, 4.69) is 124 Å². The van der Waals surface area contributed by atoms with Crippen molar-refractivity contribution in [3.63, 3.8) is 0 Å². The molecule has 0 saturated carbocycles. The minimum absolute atomic E-state index is 0.971. The van der Waals surface area contributed by atoms with Gasteiger partial charge in [-0.15, -0.1) is 0 Å². The Morgan fingerprint density at radius 1 is 0.500 bits per heavy atom. The maximum absolute atomic E-state index is 3.76. The third-order valence-corrected chi connectivity index (χ3v) is 7.17. The highest BCUT2D eigenvalue weighted by molar-refractivity contribution is 9.11. The molecule has 0 aromatic heterocycles. The molecule has 130 valence electrons. The van der Waals surface area contributed by atoms with Gasteiger partial charge in [-0.3, -0.25) is 0 Å². The summed E-state index contributed by atoms with van der Waals surface area (Å²) < 4.78 is 4.56. The summed E-state index contributed by atoms with van der Waals surface area (Å²) in [5, 5.41) is 5.13. The molecule has 0 fully saturated rings. The molecule has 4 rings (SSSR count). The van der Waals surface area contributed by atoms with Gasteiger partial charge in [0.1, 0.15) is 0 Å². The molecule has 0 aliphatic heterocycles. The van der Waals surface area contributed by atoms with E-state index in [1.165, 1.54) is 41.6 Å². The maximum atomic E-state index is 3.76. The molecule has 0 radical (unpaired) electrons. The average Bonchev–Trinajstić information content (AvgIpc) is 2.62. The zero-order chi connectivity index (χ0) is 18.3. The van der Waals surface area contributed by atoms with E-state index < -0.39 is 0 Å². The second kappa shape index (κ2) is 7.75. The number of fused-ring (bicyclic) bond motifs is 2. The SMILES string of the molecule is Brc1ccc2ccc(Br)c(CCc3c(Br)ccc4ccc(Br)cc34)c2c1. The Hall–Kier alpha value is -0.680. The van der Waals surface area contributed by atoms with Crippen LogP contribution >= 0.6 is 63.7 Å². The van der Waals surface area contributed by atoms with E-state index >= 15 is 0 Å². The van der Waals surface area contributed by atoms with Crippen molar-refractivity contribution in [1.82, 2.24) is 0 Å². The van der Waals surface area contributed by atoms with Crippen LogP contribution in [0.3, 0.4) is 0 Å². The fourth-order valence-corrected chi connectivity index (χ4v) is 5.22. The number of aryl methyl sites for hydroxylation is 2. The molecule has 0 nitrogen and oxygen atoms in total. The van der Waals surface area contributed by atoms with Gasteiger partial charge in [-0.2, -0.15) is 0 Å². The fourth-order valence-electron chi connectivity index (χ4n) is 3.41. The highest BCUT2D eigenvalue weighted by Gasteiger charge is 2.11. The van der Waals surface area contributed by atoms with Crippen molar-refractivity contribution in [2.75, 3.05) is 0 Å². The molecule has 0 unspecified atom stereocenters. The lowest BCUT2D eigenvalue weighted by Gasteiger charge is -2.13. The number of halogens is 4. The van der Waals surface area contributed by atoms with Gasteiger partial charge in [-0.25, -0.2) is 0 Å². The fraction of sp³-hybridized carbons (Fsp3) is 0.0909. The second-order valence-electron chi connectivity index (χ2n) is 6.28. The molecule has 4 aromatic rings. The van der Waals surface area contributed by atoms with Gasteiger partial charge in [0.2, 0.25) is 0 Å². The summed E-state index contributed by atoms with van der Waals surface area (Å²) in [5.74, 6) is 0. The first kappa shape index (κ1) is 18.7. The van der Waals surface area contributed by atoms with Crippen molar-refractivity contribution >= 4 is 85.3 Å². The zero-order valence-electron chi connectivity index (χ0n) is 13.7. The highest BCUT2D eigenvalue weighted by Crippen LogP contribution is 2.33. The van der Waals surface area contributed by atoms with Gasteiger partial charge in [0.25, 0.3) is 0 Å². The van der Waals surface area contributed by atoms with Gasteiger partial charge in [-0.1, -0.05) is 88.0 Å². The number of benzene rings is 4. The molecule has 4 aromatic carbocycles. The average molecular weight is 598 g/mol. The topological polar surface area (TPSA) is 0 Å². The summed E-state index contributed by atoms with van der Waals surface area (Å²) in [7, 11) is 0. The van der Waals surface area contributed by atoms with Crippen LogP contribution in [0.2, 0.25) is 0 Å². The van der Waals surface area contributed by atoms with Gasteiger partial charge in [0.15, 0.2) is 0 Å². The van der Waals surface area contributed by atoms with Crippen molar-refractivity contribution in [3.05, 3.63) is 89.7 Å². The van der Waals surface area contributed by atoms with E-state index in [9.17, 15) is 0 Å². The standard InChI is InChI=1S/C22H14Br4/c23-15-5-1-13-3-9-21(25)17(19(13)11-15)7-8-18-20-12-16(24)6-2-14(20)4-10-22(18)26/h1-6,9-12H,7-8H2. The van der Waals surface area contributed by atoms with E-state index in [0.717, 1.165) is 21.8 Å². The minimum atomic E-state index is 0.971. The molecule has 0 bridgehead atoms. The number of rotatable bonds is 3. The Morgan fingerprint density at radius 2 is 0.885 bits per heavy atom. The first-order valence-electron chi connectivity index (χ1n) is 8.26. The van der Waals surface area contributed by atoms with Gasteiger partial charge >= 0.3 is 0 Å². The number of hydrogen-bond acceptors (Lipinski definition) is 0. The Morgan fingerprint density at radius 3 is 1.31 bits per heavy atom. The van der Waals surface area contributed by atoms with E-state index in [-0.39, 0.29) is 0 Å². The van der Waals surface area contributed by atoms with Crippen molar-refractivity contribution in [2.24, 2.45) is 0 Å². The van der Waals surface area contributed by atoms with Crippen molar-refractivity contribution in [1.29, 1.82) is 0 Å². The van der Waals surface area contributed by atoms with E-state index in [0.29, 0.717) is 0 Å². The summed E-state index contributed by atoms with van der Waals surface area (Å²) >= 11 is 14.7. The van der Waals surface area contributed by atoms with Gasteiger partial charge in [-0.05, 0) is 81.9 Å². The highest BCUT2D eigenvalue weighted by atomic mass is 79.9. The second-order valence-corrected chi connectivity index (χ2v) is 9.82. The molecular formula is C22H14Br4. The van der Waals surface area contributed by atoms with Crippen LogP contribution in [0, 0.1) is 0 Å². The predicted octanol–water partition coefficient (Wildman–Crippen LogP) is 8.83. The zero-order valence-corrected chi connectivity index (χ0v) is 20.0. The van der Waals surface area contributed by atoms with Crippen LogP contribution in [-0.2, 0) is 12.8 Å². The third-order valence-electron chi connectivity index (χ3n) is 4.70. The molecular weight excluding hydrogens is 584 g/mol. The minimum Gasteiger partial charge on any atom is -0.0532 e. The molecule has 0 spiro atoms. The van der Waals surface area contributed by atoms with Crippen molar-refractivity contribution in [3.8, 4) is 0 Å². The summed E-state index contributed by atoms with van der Waals surface area (Å²) in [4.78, 5) is 0. The molecule has 0 aliphatic rings. The van der Waals surface area contributed by atoms with E-state index in [1.807, 2.05) is 0 Å². The van der Waals surface area contributed by atoms with Crippen LogP contribution < -0.4 is 0 Å². The first-order chi connectivity index (χ1) is 12.5. The smallest absolute Gasteiger partial charge is 0.0213 e. The van der Waals surface area contributed by atoms with Crippen LogP contribution in [-0.4, -0.2) is 0 Å². The summed E-state index contributed by atoms with van der Waals surface area (Å²) in [5.41, 5.74) is 2.70. The van der Waals surface area contributed by atoms with E-state index in [4.69, 9.17) is 0 Å². The number of hydrogen-bond donors (Lipinski definition) is 0. The Labute approximate surface area is 186 Å². The lowest BCUT2D eigenvalue weighted by molar-refractivity contribution is 0.967. The lowest BCUT2D eigenvalue weighted by atomic mass is 9.96. The molecule has 0 aliphatic carbocycles. The Kier molecular flexibility index (Phi) is 5.56. The van der Waals surface area contributed by atoms with Crippen LogP contribution in [0.5, 0.6) is 0 Å². The molecule has 0 saturated heterocycles. The molecule has 0 amide bonds. The van der Waals surface area contributed by atoms with E-state index in [1.54, 1.807) is 0 Å². The quantitative estimate of drug-likeness (QED) is 0.221. The lowest BCUT2D eigenvalue weighted by Crippen LogP contribution is -1.97. The maximum Gasteiger partial charge on any atom is 0.0213 e. The molecule has 26 heavy (non-hydrogen) atoms. The van der Waals surface area contributed by atoms with Crippen LogP contribution in [0.1, 0.15) is 11.1 Å². The third kappa shape index (κ3) is 3.66. The van der Waals surface area contributed by atoms with Crippen molar-refractivity contribution < 1.29 is 0 Å². The summed E-state index contributed by atoms with van der Waals surface area (Å²) in [6, 6.07) is 21.6. The predicted molar refractivity (Wildman–Crippen MR) is 126 cm³/mol. The Bertz CT molecular complexity index is 1030. The molecule has 4 heteroatoms. The summed E-state index contributed by atoms with van der Waals surface area (Å²) in [6.45, 7) is 0. The summed E-state index contributed by atoms with van der Waals surface area (Å²) in [6.07, 6.45) is 1.94. The Balaban J connectivity index is 1.79. The normalized spacial score (nSPS) is 11.4. The largest absolute Gasteiger partial charge is 0.0532 e. The first-order valence-corrected chi connectivity index (χ1v) is 11.4. The van der Waals surface area contributed by atoms with Gasteiger partial charge in [0.05, 0.1) is 0 Å². The molecule has 0 N–H and O–H groups in total. The van der Waals surface area contributed by atoms with Gasteiger partial charge < -0.3 is 0 Å².